The molecule has 2 unspecified atom stereocenters. The topological polar surface area (TPSA) is 12.0 Å². The first-order chi connectivity index (χ1) is 9.54. The normalized spacial score (nSPS) is 13.4. The number of hydrogen-bond donors (Lipinski definition) is 1. The number of rotatable bonds is 4. The van der Waals surface area contributed by atoms with E-state index in [0.717, 1.165) is 0 Å². The van der Waals surface area contributed by atoms with E-state index in [1.54, 1.807) is 0 Å². The zero-order chi connectivity index (χ0) is 14.7. The summed E-state index contributed by atoms with van der Waals surface area (Å²) >= 11 is 12.1. The van der Waals surface area contributed by atoms with Gasteiger partial charge < -0.3 is 5.32 Å². The number of nitrogens with one attached hydrogen (secondary N) is 1. The molecule has 0 fully saturated rings. The summed E-state index contributed by atoms with van der Waals surface area (Å²) in [6.45, 7) is 4.36. The molecule has 4 heteroatoms. The van der Waals surface area contributed by atoms with Gasteiger partial charge in [-0.05, 0) is 42.8 Å². The summed E-state index contributed by atoms with van der Waals surface area (Å²) in [6.07, 6.45) is 0. The standard InChI is InChI=1S/C17H19Cl2N.ClH/c1-11(13-8-9-16(18)17(19)10-13)14-6-4-5-7-15(14)12(2)20-3;/h4-12,20H,1-3H3;1H. The van der Waals surface area contributed by atoms with Gasteiger partial charge in [-0.15, -0.1) is 12.4 Å². The zero-order valence-electron chi connectivity index (χ0n) is 12.4. The van der Waals surface area contributed by atoms with Crippen LogP contribution in [0.25, 0.3) is 0 Å². The molecule has 0 saturated heterocycles. The second-order valence-electron chi connectivity index (χ2n) is 5.03. The molecule has 0 spiro atoms. The largest absolute Gasteiger partial charge is 0.313 e. The third-order valence-electron chi connectivity index (χ3n) is 3.81. The molecule has 2 aromatic rings. The third kappa shape index (κ3) is 4.14. The van der Waals surface area contributed by atoms with Gasteiger partial charge in [-0.3, -0.25) is 0 Å². The fourth-order valence-corrected chi connectivity index (χ4v) is 2.72. The van der Waals surface area contributed by atoms with E-state index in [0.29, 0.717) is 16.1 Å². The van der Waals surface area contributed by atoms with Crippen LogP contribution >= 0.6 is 35.6 Å². The van der Waals surface area contributed by atoms with Gasteiger partial charge in [-0.25, -0.2) is 0 Å². The number of benzene rings is 2. The quantitative estimate of drug-likeness (QED) is 0.734. The Labute approximate surface area is 143 Å². The smallest absolute Gasteiger partial charge is 0.0595 e. The summed E-state index contributed by atoms with van der Waals surface area (Å²) < 4.78 is 0. The van der Waals surface area contributed by atoms with Gasteiger partial charge in [-0.2, -0.15) is 0 Å². The molecule has 0 aliphatic heterocycles. The number of hydrogen-bond acceptors (Lipinski definition) is 1. The Kier molecular flexibility index (Phi) is 7.02. The average molecular weight is 345 g/mol. The minimum atomic E-state index is 0. The molecule has 0 amide bonds. The molecular formula is C17H20Cl3N. The van der Waals surface area contributed by atoms with Crippen LogP contribution in [-0.2, 0) is 0 Å². The Hall–Kier alpha value is -0.730. The summed E-state index contributed by atoms with van der Waals surface area (Å²) in [7, 11) is 1.98. The molecule has 2 aromatic carbocycles. The van der Waals surface area contributed by atoms with E-state index in [2.05, 4.69) is 43.4 Å². The van der Waals surface area contributed by atoms with E-state index in [-0.39, 0.29) is 18.3 Å². The predicted octanol–water partition coefficient (Wildman–Crippen LogP) is 5.85. The van der Waals surface area contributed by atoms with Crippen LogP contribution in [0.1, 0.15) is 42.5 Å². The van der Waals surface area contributed by atoms with Crippen LogP contribution in [0.15, 0.2) is 42.5 Å². The Morgan fingerprint density at radius 2 is 1.52 bits per heavy atom. The first kappa shape index (κ1) is 18.3. The maximum atomic E-state index is 6.13. The van der Waals surface area contributed by atoms with Gasteiger partial charge in [0.1, 0.15) is 0 Å². The zero-order valence-corrected chi connectivity index (χ0v) is 14.7. The van der Waals surface area contributed by atoms with E-state index in [9.17, 15) is 0 Å². The van der Waals surface area contributed by atoms with Gasteiger partial charge in [0.05, 0.1) is 10.0 Å². The van der Waals surface area contributed by atoms with Gasteiger partial charge >= 0.3 is 0 Å². The van der Waals surface area contributed by atoms with Crippen molar-refractivity contribution in [2.45, 2.75) is 25.8 Å². The van der Waals surface area contributed by atoms with Crippen LogP contribution < -0.4 is 5.32 Å². The average Bonchev–Trinajstić information content (AvgIpc) is 2.48. The molecule has 2 atom stereocenters. The highest BCUT2D eigenvalue weighted by Crippen LogP contribution is 2.33. The predicted molar refractivity (Wildman–Crippen MR) is 95.1 cm³/mol. The summed E-state index contributed by atoms with van der Waals surface area (Å²) in [5.74, 6) is 0.275. The molecule has 114 valence electrons. The molecule has 21 heavy (non-hydrogen) atoms. The highest BCUT2D eigenvalue weighted by Gasteiger charge is 2.16. The van der Waals surface area contributed by atoms with Crippen molar-refractivity contribution in [1.82, 2.24) is 5.32 Å². The van der Waals surface area contributed by atoms with E-state index >= 15 is 0 Å². The molecule has 0 radical (unpaired) electrons. The highest BCUT2D eigenvalue weighted by atomic mass is 35.5. The Balaban J connectivity index is 0.00000220. The van der Waals surface area contributed by atoms with Crippen molar-refractivity contribution < 1.29 is 0 Å². The number of halogens is 3. The minimum Gasteiger partial charge on any atom is -0.313 e. The Morgan fingerprint density at radius 3 is 2.10 bits per heavy atom. The summed E-state index contributed by atoms with van der Waals surface area (Å²) in [5, 5.41) is 4.50. The Bertz CT molecular complexity index is 598. The van der Waals surface area contributed by atoms with Crippen LogP contribution in [0.2, 0.25) is 10.0 Å². The SMILES string of the molecule is CNC(C)c1ccccc1C(C)c1ccc(Cl)c(Cl)c1.Cl. The molecule has 0 heterocycles. The van der Waals surface area contributed by atoms with Crippen LogP contribution in [0.3, 0.4) is 0 Å². The van der Waals surface area contributed by atoms with Gasteiger partial charge in [-0.1, -0.05) is 60.5 Å². The maximum absolute atomic E-state index is 6.13. The van der Waals surface area contributed by atoms with Gasteiger partial charge in [0, 0.05) is 12.0 Å². The minimum absolute atomic E-state index is 0. The maximum Gasteiger partial charge on any atom is 0.0595 e. The second kappa shape index (κ2) is 8.05. The molecule has 0 aliphatic carbocycles. The first-order valence-electron chi connectivity index (χ1n) is 6.75. The van der Waals surface area contributed by atoms with E-state index in [4.69, 9.17) is 23.2 Å². The van der Waals surface area contributed by atoms with Crippen LogP contribution in [0.5, 0.6) is 0 Å². The summed E-state index contributed by atoms with van der Waals surface area (Å²) in [5.41, 5.74) is 3.80. The molecule has 1 N–H and O–H groups in total. The van der Waals surface area contributed by atoms with Crippen molar-refractivity contribution in [2.24, 2.45) is 0 Å². The monoisotopic (exact) mass is 343 g/mol. The lowest BCUT2D eigenvalue weighted by atomic mass is 9.87. The second-order valence-corrected chi connectivity index (χ2v) is 5.85. The van der Waals surface area contributed by atoms with E-state index < -0.39 is 0 Å². The Morgan fingerprint density at radius 1 is 0.905 bits per heavy atom. The van der Waals surface area contributed by atoms with Crippen molar-refractivity contribution in [2.75, 3.05) is 7.05 Å². The molecule has 0 aliphatic rings. The van der Waals surface area contributed by atoms with Crippen molar-refractivity contribution >= 4 is 35.6 Å². The molecule has 0 aromatic heterocycles. The molecule has 0 bridgehead atoms. The lowest BCUT2D eigenvalue weighted by Crippen LogP contribution is -2.15. The molecule has 0 saturated carbocycles. The fourth-order valence-electron chi connectivity index (χ4n) is 2.42. The summed E-state index contributed by atoms with van der Waals surface area (Å²) in [6, 6.07) is 14.7. The van der Waals surface area contributed by atoms with Gasteiger partial charge in [0.15, 0.2) is 0 Å². The van der Waals surface area contributed by atoms with Crippen LogP contribution in [0.4, 0.5) is 0 Å². The lowest BCUT2D eigenvalue weighted by molar-refractivity contribution is 0.641. The van der Waals surface area contributed by atoms with E-state index in [1.165, 1.54) is 16.7 Å². The molecular weight excluding hydrogens is 325 g/mol. The van der Waals surface area contributed by atoms with Crippen molar-refractivity contribution in [3.63, 3.8) is 0 Å². The first-order valence-corrected chi connectivity index (χ1v) is 7.51. The third-order valence-corrected chi connectivity index (χ3v) is 4.54. The van der Waals surface area contributed by atoms with Crippen LogP contribution in [0, 0.1) is 0 Å². The fraction of sp³-hybridized carbons (Fsp3) is 0.294. The van der Waals surface area contributed by atoms with Crippen molar-refractivity contribution in [1.29, 1.82) is 0 Å². The van der Waals surface area contributed by atoms with Crippen molar-refractivity contribution in [3.05, 3.63) is 69.2 Å². The van der Waals surface area contributed by atoms with E-state index in [1.807, 2.05) is 25.2 Å². The van der Waals surface area contributed by atoms with Gasteiger partial charge in [0.2, 0.25) is 0 Å². The van der Waals surface area contributed by atoms with Crippen LogP contribution in [-0.4, -0.2) is 7.05 Å². The van der Waals surface area contributed by atoms with Gasteiger partial charge in [0.25, 0.3) is 0 Å². The lowest BCUT2D eigenvalue weighted by Gasteiger charge is -2.21. The summed E-state index contributed by atoms with van der Waals surface area (Å²) in [4.78, 5) is 0. The molecule has 1 nitrogen and oxygen atoms in total. The van der Waals surface area contributed by atoms with Crippen molar-refractivity contribution in [3.8, 4) is 0 Å². The highest BCUT2D eigenvalue weighted by molar-refractivity contribution is 6.42. The molecule has 2 rings (SSSR count).